The fraction of sp³-hybridized carbons (Fsp3) is 0.900. The van der Waals surface area contributed by atoms with E-state index in [0.717, 1.165) is 19.3 Å². The van der Waals surface area contributed by atoms with Gasteiger partial charge in [0.15, 0.2) is 0 Å². The molecule has 6 bridgehead atoms. The van der Waals surface area contributed by atoms with Crippen molar-refractivity contribution in [3.8, 4) is 0 Å². The maximum atomic E-state index is 13.4. The number of hydrogen-bond acceptors (Lipinski definition) is 9. The molecular formula is C20H27NO9S2. The van der Waals surface area contributed by atoms with Crippen LogP contribution in [0, 0.1) is 41.4 Å². The Kier molecular flexibility index (Phi) is 4.44. The molecule has 7 fully saturated rings. The zero-order chi connectivity index (χ0) is 22.6. The fourth-order valence-corrected chi connectivity index (χ4v) is 10.4. The average molecular weight is 490 g/mol. The lowest BCUT2D eigenvalue weighted by molar-refractivity contribution is -0.195. The van der Waals surface area contributed by atoms with Crippen LogP contribution in [0.1, 0.15) is 44.9 Å². The van der Waals surface area contributed by atoms with Crippen molar-refractivity contribution in [2.45, 2.75) is 62.8 Å². The summed E-state index contributed by atoms with van der Waals surface area (Å²) in [5.41, 5.74) is -0.476. The number of nitrogens with one attached hydrogen (secondary N) is 1. The van der Waals surface area contributed by atoms with Crippen LogP contribution in [0.2, 0.25) is 0 Å². The second-order valence-electron chi connectivity index (χ2n) is 10.9. The second-order valence-corrected chi connectivity index (χ2v) is 14.2. The molecule has 6 unspecified atom stereocenters. The monoisotopic (exact) mass is 489 g/mol. The van der Waals surface area contributed by atoms with E-state index < -0.39 is 67.8 Å². The van der Waals surface area contributed by atoms with Gasteiger partial charge in [-0.2, -0.15) is 8.42 Å². The van der Waals surface area contributed by atoms with Crippen LogP contribution in [-0.2, 0) is 43.6 Å². The Morgan fingerprint density at radius 3 is 2.16 bits per heavy atom. The van der Waals surface area contributed by atoms with E-state index >= 15 is 0 Å². The third-order valence-electron chi connectivity index (χ3n) is 8.61. The van der Waals surface area contributed by atoms with E-state index in [4.69, 9.17) is 13.7 Å². The van der Waals surface area contributed by atoms with Crippen molar-refractivity contribution in [2.75, 3.05) is 6.26 Å². The first kappa shape index (κ1) is 21.3. The normalized spacial score (nSPS) is 48.3. The van der Waals surface area contributed by atoms with Crippen molar-refractivity contribution in [1.29, 1.82) is 0 Å². The Morgan fingerprint density at radius 1 is 1.00 bits per heavy atom. The predicted molar refractivity (Wildman–Crippen MR) is 107 cm³/mol. The molecule has 1 N–H and O–H groups in total. The van der Waals surface area contributed by atoms with E-state index in [2.05, 4.69) is 0 Å². The third-order valence-corrected chi connectivity index (χ3v) is 11.1. The smallest absolute Gasteiger partial charge is 0.349 e. The molecule has 0 aromatic carbocycles. The molecule has 6 atom stereocenters. The minimum atomic E-state index is -4.66. The Hall–Kier alpha value is -1.24. The van der Waals surface area contributed by atoms with Crippen LogP contribution in [0.4, 0.5) is 0 Å². The quantitative estimate of drug-likeness (QED) is 0.527. The van der Waals surface area contributed by atoms with Crippen molar-refractivity contribution in [3.63, 3.8) is 0 Å². The minimum absolute atomic E-state index is 0.333. The number of rotatable bonds is 6. The topological polar surface area (TPSA) is 142 Å². The van der Waals surface area contributed by atoms with E-state index in [1.807, 2.05) is 0 Å². The summed E-state index contributed by atoms with van der Waals surface area (Å²) in [7, 11) is -8.75. The highest BCUT2D eigenvalue weighted by molar-refractivity contribution is 8.02. The van der Waals surface area contributed by atoms with Crippen molar-refractivity contribution < 1.29 is 40.1 Å². The summed E-state index contributed by atoms with van der Waals surface area (Å²) in [5.74, 6) is -1.67. The maximum absolute atomic E-state index is 13.4. The molecule has 7 aliphatic rings. The highest BCUT2D eigenvalue weighted by atomic mass is 32.3. The molecule has 0 aromatic heterocycles. The predicted octanol–water partition coefficient (Wildman–Crippen LogP) is 0.485. The van der Waals surface area contributed by atoms with Gasteiger partial charge >= 0.3 is 22.2 Å². The second kappa shape index (κ2) is 6.67. The van der Waals surface area contributed by atoms with Crippen LogP contribution in [0.5, 0.6) is 0 Å². The van der Waals surface area contributed by atoms with Crippen molar-refractivity contribution in [3.05, 3.63) is 0 Å². The molecule has 32 heavy (non-hydrogen) atoms. The molecular weight excluding hydrogens is 462 g/mol. The van der Waals surface area contributed by atoms with Gasteiger partial charge in [-0.1, -0.05) is 4.13 Å². The van der Waals surface area contributed by atoms with Gasteiger partial charge in [0.25, 0.3) is 0 Å². The average Bonchev–Trinajstić information content (AvgIpc) is 3.21. The van der Waals surface area contributed by atoms with Crippen LogP contribution in [0.15, 0.2) is 0 Å². The van der Waals surface area contributed by atoms with Crippen LogP contribution in [0.3, 0.4) is 0 Å². The van der Waals surface area contributed by atoms with Gasteiger partial charge in [-0.05, 0) is 62.7 Å². The van der Waals surface area contributed by atoms with Gasteiger partial charge in [0.05, 0.1) is 18.1 Å². The number of carbonyl (C=O) groups is 2. The summed E-state index contributed by atoms with van der Waals surface area (Å²) < 4.78 is 65.4. The molecule has 0 radical (unpaired) electrons. The van der Waals surface area contributed by atoms with Gasteiger partial charge < -0.3 is 9.47 Å². The summed E-state index contributed by atoms with van der Waals surface area (Å²) >= 11 is 0. The molecule has 1 aliphatic heterocycles. The number of sulfonamides is 1. The van der Waals surface area contributed by atoms with E-state index in [9.17, 15) is 26.4 Å². The largest absolute Gasteiger partial charge is 0.459 e. The van der Waals surface area contributed by atoms with Gasteiger partial charge in [0.1, 0.15) is 17.8 Å². The Balaban J connectivity index is 1.24. The van der Waals surface area contributed by atoms with Gasteiger partial charge in [0.2, 0.25) is 10.0 Å². The molecule has 6 saturated carbocycles. The van der Waals surface area contributed by atoms with E-state index in [0.29, 0.717) is 30.4 Å². The summed E-state index contributed by atoms with van der Waals surface area (Å²) in [4.78, 5) is 26.0. The molecule has 0 aromatic rings. The van der Waals surface area contributed by atoms with Crippen molar-refractivity contribution in [2.24, 2.45) is 41.4 Å². The molecule has 0 amide bonds. The molecule has 178 valence electrons. The van der Waals surface area contributed by atoms with Gasteiger partial charge in [-0.3, -0.25) is 9.59 Å². The Labute approximate surface area is 187 Å². The number of fused-ring (bicyclic) bond motifs is 1. The number of ether oxygens (including phenoxy) is 2. The zero-order valence-electron chi connectivity index (χ0n) is 17.6. The highest BCUT2D eigenvalue weighted by Gasteiger charge is 2.70. The highest BCUT2D eigenvalue weighted by Crippen LogP contribution is 2.61. The SMILES string of the molecule is CS(=O)(=O)NS(=O)(=O)OC1C2CC3C1OC(=O)C3C2C(=O)OC12CC3CC(CC(C3)C1)C2. The van der Waals surface area contributed by atoms with Crippen molar-refractivity contribution >= 4 is 32.3 Å². The van der Waals surface area contributed by atoms with Crippen LogP contribution < -0.4 is 4.13 Å². The molecule has 6 aliphatic carbocycles. The minimum Gasteiger partial charge on any atom is -0.459 e. The first-order valence-corrected chi connectivity index (χ1v) is 14.6. The third kappa shape index (κ3) is 3.32. The molecule has 7 rings (SSSR count). The van der Waals surface area contributed by atoms with Crippen LogP contribution >= 0.6 is 0 Å². The Morgan fingerprint density at radius 2 is 1.59 bits per heavy atom. The van der Waals surface area contributed by atoms with Gasteiger partial charge in [-0.15, -0.1) is 0 Å². The van der Waals surface area contributed by atoms with Crippen molar-refractivity contribution in [1.82, 2.24) is 4.13 Å². The van der Waals surface area contributed by atoms with Gasteiger partial charge in [0, 0.05) is 11.8 Å². The lowest BCUT2D eigenvalue weighted by atomic mass is 9.54. The first-order chi connectivity index (χ1) is 14.9. The lowest BCUT2D eigenvalue weighted by Gasteiger charge is -2.56. The maximum Gasteiger partial charge on any atom is 0.349 e. The number of hydrogen-bond donors (Lipinski definition) is 1. The van der Waals surface area contributed by atoms with Crippen LogP contribution in [0.25, 0.3) is 0 Å². The van der Waals surface area contributed by atoms with Crippen LogP contribution in [-0.4, -0.2) is 52.8 Å². The van der Waals surface area contributed by atoms with E-state index in [1.165, 1.54) is 23.4 Å². The lowest BCUT2D eigenvalue weighted by Crippen LogP contribution is -2.54. The number of esters is 2. The molecule has 0 spiro atoms. The fourth-order valence-electron chi connectivity index (χ4n) is 8.23. The molecule has 10 nitrogen and oxygen atoms in total. The van der Waals surface area contributed by atoms with E-state index in [1.54, 1.807) is 0 Å². The molecule has 12 heteroatoms. The summed E-state index contributed by atoms with van der Waals surface area (Å²) in [6, 6.07) is 0. The van der Waals surface area contributed by atoms with E-state index in [-0.39, 0.29) is 5.92 Å². The first-order valence-electron chi connectivity index (χ1n) is 11.3. The zero-order valence-corrected chi connectivity index (χ0v) is 19.3. The summed E-state index contributed by atoms with van der Waals surface area (Å²) in [5, 5.41) is 0. The molecule has 1 saturated heterocycles. The molecule has 1 heterocycles. The van der Waals surface area contributed by atoms with Gasteiger partial charge in [-0.25, -0.2) is 12.6 Å². The standard InChI is InChI=1S/C20H27NO9S2/c1-31(24,25)21-32(26,27)30-17-13-5-12-14(18(22)28-16(12)17)15(13)19(23)29-20-6-9-2-10(7-20)4-11(3-9)8-20/h9-17,21H,2-8H2,1H3. The summed E-state index contributed by atoms with van der Waals surface area (Å²) in [6.45, 7) is 0. The summed E-state index contributed by atoms with van der Waals surface area (Å²) in [6.07, 6.45) is 5.34. The Bertz CT molecular complexity index is 1050. The number of carbonyl (C=O) groups excluding carboxylic acids is 2.